The molecule has 1 amide bonds. The number of carbonyl (C=O) groups is 2. The van der Waals surface area contributed by atoms with Crippen LogP contribution in [0, 0.1) is 16.7 Å². The molecule has 40 heavy (non-hydrogen) atoms. The number of nitrogens with two attached hydrogens (primary N) is 1. The maximum absolute atomic E-state index is 13.5. The third-order valence-electron chi connectivity index (χ3n) is 6.78. The van der Waals surface area contributed by atoms with Crippen molar-refractivity contribution in [3.05, 3.63) is 63.3 Å². The van der Waals surface area contributed by atoms with E-state index in [1.54, 1.807) is 23.1 Å². The van der Waals surface area contributed by atoms with Crippen LogP contribution in [0.1, 0.15) is 37.5 Å². The van der Waals surface area contributed by atoms with E-state index >= 15 is 0 Å². The standard InChI is InChI=1S/C27H24N6O4S3/c1-27(2)9-16-23(17(34)10-27)22(20-4-3-7-38-20)15(11-28)24(29)33(16)25-31-32-26(40-25)39-12-21(35)30-14-5-6-18-19(8-14)37-13-36-18/h3-8,22H,9-10,12-13,29H2,1-2H3,(H,30,35). The van der Waals surface area contributed by atoms with Gasteiger partial charge in [-0.15, -0.1) is 21.5 Å². The Morgan fingerprint density at radius 1 is 1.27 bits per heavy atom. The fraction of sp³-hybridized carbons (Fsp3) is 0.296. The van der Waals surface area contributed by atoms with Crippen molar-refractivity contribution in [2.24, 2.45) is 11.1 Å². The Hall–Kier alpha value is -3.86. The third-order valence-corrected chi connectivity index (χ3v) is 9.76. The molecule has 0 spiro atoms. The van der Waals surface area contributed by atoms with Crippen molar-refractivity contribution in [1.82, 2.24) is 10.2 Å². The number of Topliss-reactive ketones (excluding diaryl/α,β-unsaturated/α-hetero) is 1. The minimum atomic E-state index is -0.499. The van der Waals surface area contributed by atoms with Crippen molar-refractivity contribution in [2.45, 2.75) is 36.9 Å². The average molecular weight is 593 g/mol. The van der Waals surface area contributed by atoms with Crippen LogP contribution >= 0.6 is 34.4 Å². The van der Waals surface area contributed by atoms with Gasteiger partial charge in [-0.05, 0) is 35.4 Å². The van der Waals surface area contributed by atoms with Gasteiger partial charge in [0.25, 0.3) is 0 Å². The summed E-state index contributed by atoms with van der Waals surface area (Å²) in [4.78, 5) is 28.8. The van der Waals surface area contributed by atoms with E-state index in [1.807, 2.05) is 31.4 Å². The van der Waals surface area contributed by atoms with E-state index in [2.05, 4.69) is 21.6 Å². The van der Waals surface area contributed by atoms with Crippen molar-refractivity contribution in [2.75, 3.05) is 22.8 Å². The van der Waals surface area contributed by atoms with Crippen LogP contribution in [0.15, 0.2) is 62.7 Å². The molecule has 3 aliphatic rings. The predicted molar refractivity (Wildman–Crippen MR) is 153 cm³/mol. The number of amides is 1. The van der Waals surface area contributed by atoms with Gasteiger partial charge in [0.05, 0.1) is 23.3 Å². The van der Waals surface area contributed by atoms with Crippen LogP contribution in [-0.2, 0) is 9.59 Å². The molecule has 1 aromatic carbocycles. The number of anilines is 2. The Bertz CT molecular complexity index is 1620. The number of carbonyl (C=O) groups excluding carboxylic acids is 2. The van der Waals surface area contributed by atoms with Gasteiger partial charge < -0.3 is 20.5 Å². The Morgan fingerprint density at radius 2 is 2.10 bits per heavy atom. The smallest absolute Gasteiger partial charge is 0.234 e. The molecule has 1 atom stereocenters. The molecule has 2 aliphatic heterocycles. The lowest BCUT2D eigenvalue weighted by Crippen LogP contribution is -2.42. The molecule has 0 radical (unpaired) electrons. The molecule has 10 nitrogen and oxygen atoms in total. The van der Waals surface area contributed by atoms with E-state index < -0.39 is 5.92 Å². The highest BCUT2D eigenvalue weighted by Crippen LogP contribution is 2.51. The number of allylic oxidation sites excluding steroid dienone is 3. The molecule has 204 valence electrons. The molecular weight excluding hydrogens is 569 g/mol. The number of aromatic nitrogens is 2. The number of fused-ring (bicyclic) bond motifs is 1. The second kappa shape index (κ2) is 10.3. The van der Waals surface area contributed by atoms with Crippen molar-refractivity contribution < 1.29 is 19.1 Å². The summed E-state index contributed by atoms with van der Waals surface area (Å²) in [5.74, 6) is 0.879. The Kier molecular flexibility index (Phi) is 6.77. The van der Waals surface area contributed by atoms with E-state index in [9.17, 15) is 14.9 Å². The van der Waals surface area contributed by atoms with Gasteiger partial charge in [0.1, 0.15) is 5.82 Å². The molecule has 3 aromatic rings. The molecular formula is C27H24N6O4S3. The number of nitriles is 1. The van der Waals surface area contributed by atoms with Crippen LogP contribution in [0.2, 0.25) is 0 Å². The number of hydrogen-bond acceptors (Lipinski definition) is 12. The summed E-state index contributed by atoms with van der Waals surface area (Å²) in [5.41, 5.74) is 8.64. The molecule has 0 fully saturated rings. The van der Waals surface area contributed by atoms with Gasteiger partial charge in [-0.1, -0.05) is 43.0 Å². The van der Waals surface area contributed by atoms with Crippen molar-refractivity contribution in [1.29, 1.82) is 5.26 Å². The number of thiophene rings is 1. The van der Waals surface area contributed by atoms with Gasteiger partial charge >= 0.3 is 0 Å². The second-order valence-electron chi connectivity index (χ2n) is 10.3. The quantitative estimate of drug-likeness (QED) is 0.375. The Morgan fingerprint density at radius 3 is 2.88 bits per heavy atom. The molecule has 1 aliphatic carbocycles. The minimum Gasteiger partial charge on any atom is -0.454 e. The summed E-state index contributed by atoms with van der Waals surface area (Å²) in [6, 6.07) is 11.3. The van der Waals surface area contributed by atoms with Crippen molar-refractivity contribution >= 4 is 56.9 Å². The van der Waals surface area contributed by atoms with E-state index in [1.165, 1.54) is 34.4 Å². The first kappa shape index (κ1) is 26.4. The van der Waals surface area contributed by atoms with Gasteiger partial charge in [0, 0.05) is 34.3 Å². The lowest BCUT2D eigenvalue weighted by atomic mass is 9.70. The number of ketones is 1. The number of nitrogens with zero attached hydrogens (tertiary/aromatic N) is 4. The van der Waals surface area contributed by atoms with Crippen LogP contribution in [0.5, 0.6) is 11.5 Å². The van der Waals surface area contributed by atoms with E-state index in [0.29, 0.717) is 50.6 Å². The Labute approximate surface area is 242 Å². The molecule has 1 unspecified atom stereocenters. The summed E-state index contributed by atoms with van der Waals surface area (Å²) in [7, 11) is 0. The fourth-order valence-corrected chi connectivity index (χ4v) is 7.64. The summed E-state index contributed by atoms with van der Waals surface area (Å²) < 4.78 is 11.2. The molecule has 0 bridgehead atoms. The van der Waals surface area contributed by atoms with E-state index in [0.717, 1.165) is 10.6 Å². The highest BCUT2D eigenvalue weighted by Gasteiger charge is 2.45. The lowest BCUT2D eigenvalue weighted by molar-refractivity contribution is -0.118. The summed E-state index contributed by atoms with van der Waals surface area (Å²) >= 11 is 4.00. The number of thioether (sulfide) groups is 1. The van der Waals surface area contributed by atoms with Crippen molar-refractivity contribution in [3.63, 3.8) is 0 Å². The SMILES string of the molecule is CC1(C)CC(=O)C2=C(C1)N(c1nnc(SCC(=O)Nc3ccc4c(c3)OCO4)s1)C(N)=C(C#N)C2c1cccs1. The molecule has 4 heterocycles. The first-order chi connectivity index (χ1) is 19.2. The molecule has 6 rings (SSSR count). The number of hydrogen-bond donors (Lipinski definition) is 2. The third kappa shape index (κ3) is 4.83. The zero-order valence-electron chi connectivity index (χ0n) is 21.6. The fourth-order valence-electron chi connectivity index (χ4n) is 5.12. The molecule has 2 aromatic heterocycles. The molecule has 0 saturated heterocycles. The molecule has 0 saturated carbocycles. The highest BCUT2D eigenvalue weighted by atomic mass is 32.2. The van der Waals surface area contributed by atoms with Crippen LogP contribution in [-0.4, -0.2) is 34.4 Å². The lowest BCUT2D eigenvalue weighted by Gasteiger charge is -2.42. The van der Waals surface area contributed by atoms with E-state index in [-0.39, 0.29) is 35.5 Å². The van der Waals surface area contributed by atoms with Crippen LogP contribution in [0.3, 0.4) is 0 Å². The topological polar surface area (TPSA) is 143 Å². The first-order valence-electron chi connectivity index (χ1n) is 12.4. The monoisotopic (exact) mass is 592 g/mol. The highest BCUT2D eigenvalue weighted by molar-refractivity contribution is 8.01. The second-order valence-corrected chi connectivity index (χ2v) is 13.4. The maximum atomic E-state index is 13.5. The van der Waals surface area contributed by atoms with Gasteiger partial charge in [0.15, 0.2) is 21.6 Å². The van der Waals surface area contributed by atoms with Gasteiger partial charge in [-0.25, -0.2) is 0 Å². The summed E-state index contributed by atoms with van der Waals surface area (Å²) in [6.45, 7) is 4.26. The van der Waals surface area contributed by atoms with Gasteiger partial charge in [0.2, 0.25) is 17.8 Å². The number of benzene rings is 1. The summed E-state index contributed by atoms with van der Waals surface area (Å²) in [6.07, 6.45) is 0.977. The minimum absolute atomic E-state index is 0.00852. The number of nitrogens with one attached hydrogen (secondary N) is 1. The zero-order valence-corrected chi connectivity index (χ0v) is 24.0. The van der Waals surface area contributed by atoms with Gasteiger partial charge in [-0.3, -0.25) is 14.5 Å². The van der Waals surface area contributed by atoms with Crippen LogP contribution in [0.4, 0.5) is 10.8 Å². The number of ether oxygens (including phenoxy) is 2. The first-order valence-corrected chi connectivity index (χ1v) is 15.1. The summed E-state index contributed by atoms with van der Waals surface area (Å²) in [5, 5.41) is 24.0. The number of rotatable bonds is 6. The van der Waals surface area contributed by atoms with Gasteiger partial charge in [-0.2, -0.15) is 5.26 Å². The van der Waals surface area contributed by atoms with E-state index in [4.69, 9.17) is 15.2 Å². The molecule has 13 heteroatoms. The normalized spacial score (nSPS) is 19.5. The maximum Gasteiger partial charge on any atom is 0.234 e. The largest absolute Gasteiger partial charge is 0.454 e. The molecule has 3 N–H and O–H groups in total. The van der Waals surface area contributed by atoms with Crippen LogP contribution in [0.25, 0.3) is 0 Å². The van der Waals surface area contributed by atoms with Crippen molar-refractivity contribution in [3.8, 4) is 17.6 Å². The predicted octanol–water partition coefficient (Wildman–Crippen LogP) is 5.00. The zero-order chi connectivity index (χ0) is 28.0. The Balaban J connectivity index is 1.25. The average Bonchev–Trinajstić information content (AvgIpc) is 3.68. The van der Waals surface area contributed by atoms with Crippen LogP contribution < -0.4 is 25.4 Å².